The summed E-state index contributed by atoms with van der Waals surface area (Å²) in [6.07, 6.45) is 3.23. The van der Waals surface area contributed by atoms with Crippen LogP contribution in [0.3, 0.4) is 0 Å². The molecule has 0 bridgehead atoms. The molecule has 1 amide bonds. The maximum Gasteiger partial charge on any atom is 0.227 e. The normalized spacial score (nSPS) is 20.6. The van der Waals surface area contributed by atoms with Gasteiger partial charge in [0, 0.05) is 19.1 Å². The maximum atomic E-state index is 13.0. The molecule has 1 heterocycles. The number of amides is 1. The Morgan fingerprint density at radius 2 is 1.64 bits per heavy atom. The minimum atomic E-state index is -0.248. The molecule has 1 saturated heterocycles. The van der Waals surface area contributed by atoms with Crippen molar-refractivity contribution in [2.45, 2.75) is 38.1 Å². The summed E-state index contributed by atoms with van der Waals surface area (Å²) in [7, 11) is 0. The van der Waals surface area contributed by atoms with Crippen LogP contribution < -0.4 is 5.73 Å². The molecule has 2 N–H and O–H groups in total. The molecule has 25 heavy (non-hydrogen) atoms. The van der Waals surface area contributed by atoms with Crippen LogP contribution in [0, 0.1) is 5.92 Å². The summed E-state index contributed by atoms with van der Waals surface area (Å²) in [4.78, 5) is 15.0. The van der Waals surface area contributed by atoms with Gasteiger partial charge in [0.05, 0.1) is 5.92 Å². The number of nitrogens with two attached hydrogens (primary N) is 1. The highest BCUT2D eigenvalue weighted by Gasteiger charge is 2.28. The maximum absolute atomic E-state index is 13.0. The highest BCUT2D eigenvalue weighted by molar-refractivity contribution is 5.79. The topological polar surface area (TPSA) is 46.3 Å². The second-order valence-corrected chi connectivity index (χ2v) is 7.09. The Morgan fingerprint density at radius 1 is 1.00 bits per heavy atom. The van der Waals surface area contributed by atoms with E-state index in [-0.39, 0.29) is 17.9 Å². The summed E-state index contributed by atoms with van der Waals surface area (Å²) in [5, 5.41) is 0. The molecule has 132 valence electrons. The van der Waals surface area contributed by atoms with Crippen molar-refractivity contribution in [3.05, 3.63) is 71.8 Å². The van der Waals surface area contributed by atoms with Crippen molar-refractivity contribution >= 4 is 5.91 Å². The summed E-state index contributed by atoms with van der Waals surface area (Å²) in [5.74, 6) is 0.540. The van der Waals surface area contributed by atoms with Crippen LogP contribution in [0.4, 0.5) is 0 Å². The molecule has 1 aliphatic rings. The van der Waals surface area contributed by atoms with Gasteiger partial charge in [0.2, 0.25) is 5.91 Å². The van der Waals surface area contributed by atoms with Gasteiger partial charge >= 0.3 is 0 Å². The fraction of sp³-hybridized carbons (Fsp3) is 0.409. The fourth-order valence-corrected chi connectivity index (χ4v) is 3.78. The Kier molecular flexibility index (Phi) is 5.87. The lowest BCUT2D eigenvalue weighted by molar-refractivity contribution is -0.135. The lowest BCUT2D eigenvalue weighted by Crippen LogP contribution is -2.40. The second-order valence-electron chi connectivity index (χ2n) is 7.09. The molecule has 0 spiro atoms. The molecular formula is C22H28N2O. The van der Waals surface area contributed by atoms with Crippen molar-refractivity contribution < 1.29 is 4.79 Å². The summed E-state index contributed by atoms with van der Waals surface area (Å²) < 4.78 is 0. The molecule has 0 aliphatic carbocycles. The first-order valence-corrected chi connectivity index (χ1v) is 9.31. The lowest BCUT2D eigenvalue weighted by atomic mass is 9.92. The molecule has 3 unspecified atom stereocenters. The number of carbonyl (C=O) groups is 1. The second kappa shape index (κ2) is 8.30. The third-order valence-electron chi connectivity index (χ3n) is 5.42. The first kappa shape index (κ1) is 17.7. The Hall–Kier alpha value is -2.13. The quantitative estimate of drug-likeness (QED) is 0.913. The molecule has 3 heteroatoms. The van der Waals surface area contributed by atoms with Crippen LogP contribution in [0.5, 0.6) is 0 Å². The van der Waals surface area contributed by atoms with E-state index in [4.69, 9.17) is 5.73 Å². The third-order valence-corrected chi connectivity index (χ3v) is 5.42. The average molecular weight is 336 g/mol. The van der Waals surface area contributed by atoms with Gasteiger partial charge in [-0.25, -0.2) is 0 Å². The van der Waals surface area contributed by atoms with E-state index in [2.05, 4.69) is 30.3 Å². The Balaban J connectivity index is 1.63. The Labute approximate surface area is 150 Å². The van der Waals surface area contributed by atoms with Gasteiger partial charge in [-0.05, 0) is 36.3 Å². The van der Waals surface area contributed by atoms with E-state index in [1.807, 2.05) is 42.2 Å². The molecule has 0 saturated carbocycles. The van der Waals surface area contributed by atoms with Gasteiger partial charge in [0.25, 0.3) is 0 Å². The van der Waals surface area contributed by atoms with Crippen LogP contribution in [0.25, 0.3) is 0 Å². The summed E-state index contributed by atoms with van der Waals surface area (Å²) in [5.41, 5.74) is 8.78. The van der Waals surface area contributed by atoms with E-state index in [1.54, 1.807) is 0 Å². The van der Waals surface area contributed by atoms with Crippen molar-refractivity contribution in [3.8, 4) is 0 Å². The molecule has 3 rings (SSSR count). The largest absolute Gasteiger partial charge is 0.342 e. The van der Waals surface area contributed by atoms with Gasteiger partial charge in [-0.3, -0.25) is 4.79 Å². The van der Waals surface area contributed by atoms with Crippen LogP contribution in [0.2, 0.25) is 0 Å². The summed E-state index contributed by atoms with van der Waals surface area (Å²) in [6.45, 7) is 3.62. The zero-order valence-corrected chi connectivity index (χ0v) is 15.0. The van der Waals surface area contributed by atoms with Crippen LogP contribution in [0.15, 0.2) is 60.7 Å². The van der Waals surface area contributed by atoms with E-state index in [1.165, 1.54) is 5.56 Å². The van der Waals surface area contributed by atoms with Gasteiger partial charge < -0.3 is 10.6 Å². The van der Waals surface area contributed by atoms with Crippen LogP contribution in [-0.4, -0.2) is 23.9 Å². The number of hydrogen-bond acceptors (Lipinski definition) is 2. The number of likely N-dealkylation sites (tertiary alicyclic amines) is 1. The number of carbonyl (C=O) groups excluding carboxylic acids is 1. The highest BCUT2D eigenvalue weighted by atomic mass is 16.2. The first-order valence-electron chi connectivity index (χ1n) is 9.31. The zero-order chi connectivity index (χ0) is 17.6. The highest BCUT2D eigenvalue weighted by Crippen LogP contribution is 2.29. The standard InChI is InChI=1S/C22H28N2O/c1-17(21(23)20-11-6-3-7-12-20)22(25)24-15-8-13-19(14-16-24)18-9-4-2-5-10-18/h2-7,9-12,17,19,21H,8,13-16,23H2,1H3. The van der Waals surface area contributed by atoms with Gasteiger partial charge in [0.15, 0.2) is 0 Å². The Bertz CT molecular complexity index is 671. The molecule has 3 nitrogen and oxygen atoms in total. The number of rotatable bonds is 4. The van der Waals surface area contributed by atoms with E-state index in [9.17, 15) is 4.79 Å². The van der Waals surface area contributed by atoms with Gasteiger partial charge in [-0.1, -0.05) is 67.6 Å². The van der Waals surface area contributed by atoms with E-state index in [0.717, 1.165) is 37.9 Å². The predicted molar refractivity (Wildman–Crippen MR) is 102 cm³/mol. The monoisotopic (exact) mass is 336 g/mol. The molecule has 0 aromatic heterocycles. The lowest BCUT2D eigenvalue weighted by Gasteiger charge is -2.27. The van der Waals surface area contributed by atoms with Gasteiger partial charge in [-0.15, -0.1) is 0 Å². The minimum Gasteiger partial charge on any atom is -0.342 e. The summed E-state index contributed by atoms with van der Waals surface area (Å²) >= 11 is 0. The number of hydrogen-bond donors (Lipinski definition) is 1. The number of nitrogens with zero attached hydrogens (tertiary/aromatic N) is 1. The predicted octanol–water partition coefficient (Wildman–Crippen LogP) is 4.12. The average Bonchev–Trinajstić information content (AvgIpc) is 2.94. The first-order chi connectivity index (χ1) is 12.2. The molecule has 1 aliphatic heterocycles. The van der Waals surface area contributed by atoms with Crippen molar-refractivity contribution in [2.75, 3.05) is 13.1 Å². The van der Waals surface area contributed by atoms with Gasteiger partial charge in [0.1, 0.15) is 0 Å². The van der Waals surface area contributed by atoms with Crippen molar-refractivity contribution in [3.63, 3.8) is 0 Å². The van der Waals surface area contributed by atoms with Crippen molar-refractivity contribution in [1.29, 1.82) is 0 Å². The van der Waals surface area contributed by atoms with E-state index >= 15 is 0 Å². The molecule has 2 aromatic carbocycles. The van der Waals surface area contributed by atoms with Crippen molar-refractivity contribution in [2.24, 2.45) is 11.7 Å². The number of benzene rings is 2. The van der Waals surface area contributed by atoms with Crippen LogP contribution in [0.1, 0.15) is 49.3 Å². The van der Waals surface area contributed by atoms with Crippen LogP contribution in [-0.2, 0) is 4.79 Å². The van der Waals surface area contributed by atoms with Gasteiger partial charge in [-0.2, -0.15) is 0 Å². The molecular weight excluding hydrogens is 308 g/mol. The zero-order valence-electron chi connectivity index (χ0n) is 15.0. The summed E-state index contributed by atoms with van der Waals surface area (Å²) in [6, 6.07) is 20.3. The smallest absolute Gasteiger partial charge is 0.227 e. The third kappa shape index (κ3) is 4.29. The molecule has 0 radical (unpaired) electrons. The minimum absolute atomic E-state index is 0.185. The Morgan fingerprint density at radius 3 is 2.32 bits per heavy atom. The fourth-order valence-electron chi connectivity index (χ4n) is 3.78. The molecule has 1 fully saturated rings. The molecule has 2 aromatic rings. The van der Waals surface area contributed by atoms with E-state index in [0.29, 0.717) is 5.92 Å². The van der Waals surface area contributed by atoms with E-state index < -0.39 is 0 Å². The van der Waals surface area contributed by atoms with Crippen molar-refractivity contribution in [1.82, 2.24) is 4.90 Å². The molecule has 3 atom stereocenters. The SMILES string of the molecule is CC(C(=O)N1CCCC(c2ccccc2)CC1)C(N)c1ccccc1. The van der Waals surface area contributed by atoms with Crippen LogP contribution >= 0.6 is 0 Å².